The first-order valence-electron chi connectivity index (χ1n) is 3.79. The van der Waals surface area contributed by atoms with E-state index in [4.69, 9.17) is 5.11 Å². The van der Waals surface area contributed by atoms with Crippen molar-refractivity contribution < 1.29 is 18.3 Å². The lowest BCUT2D eigenvalue weighted by Crippen LogP contribution is -1.97. The van der Waals surface area contributed by atoms with Crippen LogP contribution in [0.5, 0.6) is 0 Å². The van der Waals surface area contributed by atoms with Crippen molar-refractivity contribution in [2.75, 3.05) is 6.26 Å². The van der Waals surface area contributed by atoms with Crippen LogP contribution in [0.4, 0.5) is 0 Å². The van der Waals surface area contributed by atoms with E-state index in [1.54, 1.807) is 6.92 Å². The van der Waals surface area contributed by atoms with Gasteiger partial charge in [-0.25, -0.2) is 18.2 Å². The predicted octanol–water partition coefficient (Wildman–Crippen LogP) is 0.807. The van der Waals surface area contributed by atoms with Crippen LogP contribution in [0.25, 0.3) is 0 Å². The summed E-state index contributed by atoms with van der Waals surface area (Å²) in [6.45, 7) is 1.73. The molecule has 14 heavy (non-hydrogen) atoms. The maximum atomic E-state index is 11.1. The van der Waals surface area contributed by atoms with E-state index in [0.29, 0.717) is 23.5 Å². The number of sulfone groups is 1. The minimum atomic E-state index is -3.40. The van der Waals surface area contributed by atoms with Crippen LogP contribution in [-0.2, 0) is 16.3 Å². The minimum Gasteiger partial charge on any atom is -0.477 e. The van der Waals surface area contributed by atoms with Crippen molar-refractivity contribution in [3.8, 4) is 0 Å². The summed E-state index contributed by atoms with van der Waals surface area (Å²) >= 11 is 0.701. The van der Waals surface area contributed by atoms with Gasteiger partial charge in [-0.05, 0) is 6.42 Å². The van der Waals surface area contributed by atoms with Crippen LogP contribution in [-0.4, -0.2) is 30.7 Å². The van der Waals surface area contributed by atoms with Gasteiger partial charge in [0, 0.05) is 6.26 Å². The first kappa shape index (κ1) is 11.1. The first-order chi connectivity index (χ1) is 6.36. The molecule has 1 aromatic heterocycles. The maximum Gasteiger partial charge on any atom is 0.347 e. The van der Waals surface area contributed by atoms with Crippen LogP contribution in [0.3, 0.4) is 0 Å². The Morgan fingerprint density at radius 1 is 1.57 bits per heavy atom. The number of thiazole rings is 1. The van der Waals surface area contributed by atoms with Crippen molar-refractivity contribution in [2.24, 2.45) is 0 Å². The highest BCUT2D eigenvalue weighted by atomic mass is 32.2. The second-order valence-corrected chi connectivity index (χ2v) is 5.87. The number of nitrogens with zero attached hydrogens (tertiary/aromatic N) is 1. The Labute approximate surface area is 85.3 Å². The molecule has 0 aliphatic carbocycles. The van der Waals surface area contributed by atoms with Gasteiger partial charge in [0.05, 0.1) is 5.69 Å². The third-order valence-corrected chi connectivity index (χ3v) is 4.29. The Bertz CT molecular complexity index is 460. The lowest BCUT2D eigenvalue weighted by atomic mass is 10.3. The molecule has 1 aromatic rings. The molecule has 1 N–H and O–H groups in total. The van der Waals surface area contributed by atoms with Gasteiger partial charge >= 0.3 is 5.97 Å². The molecule has 7 heteroatoms. The zero-order chi connectivity index (χ0) is 10.9. The highest BCUT2D eigenvalue weighted by molar-refractivity contribution is 7.92. The summed E-state index contributed by atoms with van der Waals surface area (Å²) in [5.41, 5.74) is 0.322. The molecule has 0 atom stereocenters. The molecule has 0 bridgehead atoms. The largest absolute Gasteiger partial charge is 0.477 e. The lowest BCUT2D eigenvalue weighted by molar-refractivity contribution is 0.0701. The van der Waals surface area contributed by atoms with Gasteiger partial charge in [0.25, 0.3) is 0 Å². The smallest absolute Gasteiger partial charge is 0.347 e. The number of carboxylic acids is 1. The molecular formula is C7H9NO4S2. The molecule has 0 aliphatic rings. The van der Waals surface area contributed by atoms with Crippen molar-refractivity contribution in [3.63, 3.8) is 0 Å². The number of aryl methyl sites for hydroxylation is 1. The molecule has 1 rings (SSSR count). The molecule has 0 saturated carbocycles. The number of carboxylic acid groups (broad SMARTS) is 1. The minimum absolute atomic E-state index is 0.00734. The fraction of sp³-hybridized carbons (Fsp3) is 0.429. The van der Waals surface area contributed by atoms with E-state index < -0.39 is 15.8 Å². The van der Waals surface area contributed by atoms with E-state index >= 15 is 0 Å². The summed E-state index contributed by atoms with van der Waals surface area (Å²) in [5.74, 6) is -1.13. The summed E-state index contributed by atoms with van der Waals surface area (Å²) in [6, 6.07) is 0. The standard InChI is InChI=1S/C7H9NO4S2/c1-3-4-5(6(9)10)13-7(8-4)14(2,11)12/h3H2,1-2H3,(H,9,10). The van der Waals surface area contributed by atoms with Crippen LogP contribution < -0.4 is 0 Å². The van der Waals surface area contributed by atoms with Crippen LogP contribution in [0, 0.1) is 0 Å². The van der Waals surface area contributed by atoms with Gasteiger partial charge in [-0.2, -0.15) is 0 Å². The highest BCUT2D eigenvalue weighted by Gasteiger charge is 2.20. The lowest BCUT2D eigenvalue weighted by Gasteiger charge is -1.89. The number of rotatable bonds is 3. The molecule has 1 heterocycles. The molecular weight excluding hydrogens is 226 g/mol. The normalized spacial score (nSPS) is 11.6. The van der Waals surface area contributed by atoms with Gasteiger partial charge < -0.3 is 5.11 Å². The van der Waals surface area contributed by atoms with Gasteiger partial charge in [-0.1, -0.05) is 18.3 Å². The summed E-state index contributed by atoms with van der Waals surface area (Å²) in [7, 11) is -3.40. The van der Waals surface area contributed by atoms with Crippen molar-refractivity contribution in [2.45, 2.75) is 17.7 Å². The SMILES string of the molecule is CCc1nc(S(C)(=O)=O)sc1C(=O)O. The van der Waals surface area contributed by atoms with Gasteiger partial charge in [-0.15, -0.1) is 0 Å². The van der Waals surface area contributed by atoms with Gasteiger partial charge in [-0.3, -0.25) is 0 Å². The number of aromatic carboxylic acids is 1. The predicted molar refractivity (Wildman–Crippen MR) is 51.6 cm³/mol. The Hall–Kier alpha value is -0.950. The average Bonchev–Trinajstić information content (AvgIpc) is 2.45. The van der Waals surface area contributed by atoms with E-state index in [1.807, 2.05) is 0 Å². The Kier molecular flexibility index (Phi) is 2.91. The topological polar surface area (TPSA) is 84.3 Å². The highest BCUT2D eigenvalue weighted by Crippen LogP contribution is 2.22. The fourth-order valence-corrected chi connectivity index (χ4v) is 2.75. The number of carbonyl (C=O) groups is 1. The van der Waals surface area contributed by atoms with Gasteiger partial charge in [0.1, 0.15) is 4.88 Å². The zero-order valence-electron chi connectivity index (χ0n) is 7.64. The second-order valence-electron chi connectivity index (χ2n) is 2.69. The van der Waals surface area contributed by atoms with Crippen molar-refractivity contribution in [1.82, 2.24) is 4.98 Å². The van der Waals surface area contributed by atoms with Crippen molar-refractivity contribution in [1.29, 1.82) is 0 Å². The third kappa shape index (κ3) is 2.10. The summed E-state index contributed by atoms with van der Waals surface area (Å²) in [6.07, 6.45) is 1.42. The molecule has 0 radical (unpaired) electrons. The van der Waals surface area contributed by atoms with Crippen LogP contribution in [0.2, 0.25) is 0 Å². The van der Waals surface area contributed by atoms with E-state index in [-0.39, 0.29) is 9.22 Å². The molecule has 0 aromatic carbocycles. The maximum absolute atomic E-state index is 11.1. The molecule has 0 amide bonds. The monoisotopic (exact) mass is 235 g/mol. The molecule has 0 fully saturated rings. The first-order valence-corrected chi connectivity index (χ1v) is 6.50. The summed E-state index contributed by atoms with van der Waals surface area (Å²) in [5, 5.41) is 8.75. The molecule has 0 aliphatic heterocycles. The number of aromatic nitrogens is 1. The molecule has 0 saturated heterocycles. The zero-order valence-corrected chi connectivity index (χ0v) is 9.28. The quantitative estimate of drug-likeness (QED) is 0.838. The number of hydrogen-bond acceptors (Lipinski definition) is 5. The Balaban J connectivity index is 3.34. The van der Waals surface area contributed by atoms with Crippen molar-refractivity contribution >= 4 is 27.1 Å². The van der Waals surface area contributed by atoms with E-state index in [1.165, 1.54) is 0 Å². The van der Waals surface area contributed by atoms with E-state index in [9.17, 15) is 13.2 Å². The average molecular weight is 235 g/mol. The molecule has 5 nitrogen and oxygen atoms in total. The van der Waals surface area contributed by atoms with Gasteiger partial charge in [0.15, 0.2) is 0 Å². The second kappa shape index (κ2) is 3.66. The number of hydrogen-bond donors (Lipinski definition) is 1. The summed E-state index contributed by atoms with van der Waals surface area (Å²) < 4.78 is 22.1. The molecule has 78 valence electrons. The van der Waals surface area contributed by atoms with Crippen LogP contribution >= 0.6 is 11.3 Å². The third-order valence-electron chi connectivity index (χ3n) is 1.52. The molecule has 0 spiro atoms. The van der Waals surface area contributed by atoms with Crippen molar-refractivity contribution in [3.05, 3.63) is 10.6 Å². The Morgan fingerprint density at radius 2 is 2.14 bits per heavy atom. The molecule has 0 unspecified atom stereocenters. The van der Waals surface area contributed by atoms with Crippen LogP contribution in [0.1, 0.15) is 22.3 Å². The van der Waals surface area contributed by atoms with Crippen LogP contribution in [0.15, 0.2) is 4.34 Å². The fourth-order valence-electron chi connectivity index (χ4n) is 0.895. The van der Waals surface area contributed by atoms with E-state index in [0.717, 1.165) is 6.26 Å². The van der Waals surface area contributed by atoms with E-state index in [2.05, 4.69) is 4.98 Å². The van der Waals surface area contributed by atoms with Gasteiger partial charge in [0.2, 0.25) is 14.2 Å². The Morgan fingerprint density at radius 3 is 2.43 bits per heavy atom. The summed E-state index contributed by atoms with van der Waals surface area (Å²) in [4.78, 5) is 14.5.